The van der Waals surface area contributed by atoms with Crippen LogP contribution in [0.4, 0.5) is 0 Å². The summed E-state index contributed by atoms with van der Waals surface area (Å²) < 4.78 is 10.5. The van der Waals surface area contributed by atoms with Gasteiger partial charge in [0.25, 0.3) is 5.89 Å². The normalized spacial score (nSPS) is 15.8. The molecule has 1 saturated heterocycles. The Morgan fingerprint density at radius 2 is 2.17 bits per heavy atom. The average Bonchev–Trinajstić information content (AvgIpc) is 3.05. The number of hydrogen-bond donors (Lipinski definition) is 0. The Bertz CT molecular complexity index is 638. The van der Waals surface area contributed by atoms with Gasteiger partial charge in [0.15, 0.2) is 0 Å². The van der Waals surface area contributed by atoms with Crippen molar-refractivity contribution in [3.8, 4) is 11.4 Å². The van der Waals surface area contributed by atoms with E-state index >= 15 is 0 Å². The summed E-state index contributed by atoms with van der Waals surface area (Å²) in [5.41, 5.74) is 0.774. The van der Waals surface area contributed by atoms with Gasteiger partial charge in [0.2, 0.25) is 11.7 Å². The number of rotatable bonds is 5. The summed E-state index contributed by atoms with van der Waals surface area (Å²) in [5, 5.41) is 3.88. The highest BCUT2D eigenvalue weighted by Gasteiger charge is 2.19. The van der Waals surface area contributed by atoms with Gasteiger partial charge >= 0.3 is 0 Å². The molecule has 8 nitrogen and oxygen atoms in total. The second-order valence-corrected chi connectivity index (χ2v) is 5.43. The fraction of sp³-hybridized carbons (Fsp3) is 0.467. The molecular weight excluding hydrogens is 298 g/mol. The van der Waals surface area contributed by atoms with E-state index in [1.54, 1.807) is 18.5 Å². The van der Waals surface area contributed by atoms with E-state index in [2.05, 4.69) is 20.0 Å². The fourth-order valence-electron chi connectivity index (χ4n) is 2.30. The number of ether oxygens (including phenoxy) is 1. The molecule has 1 fully saturated rings. The molecule has 0 atom stereocenters. The van der Waals surface area contributed by atoms with Crippen LogP contribution in [0.2, 0.25) is 0 Å². The molecule has 2 aromatic rings. The number of pyridine rings is 1. The van der Waals surface area contributed by atoms with Crippen LogP contribution in [-0.2, 0) is 16.1 Å². The molecule has 23 heavy (non-hydrogen) atoms. The molecule has 0 spiro atoms. The van der Waals surface area contributed by atoms with Crippen LogP contribution in [0.15, 0.2) is 29.0 Å². The minimum atomic E-state index is -0.00917. The van der Waals surface area contributed by atoms with E-state index in [9.17, 15) is 4.79 Å². The van der Waals surface area contributed by atoms with Crippen LogP contribution in [0.25, 0.3) is 11.4 Å². The molecule has 0 unspecified atom stereocenters. The summed E-state index contributed by atoms with van der Waals surface area (Å²) in [7, 11) is 2.05. The van der Waals surface area contributed by atoms with Crippen LogP contribution >= 0.6 is 0 Å². The number of amides is 1. The third-order valence-electron chi connectivity index (χ3n) is 3.69. The Morgan fingerprint density at radius 1 is 1.35 bits per heavy atom. The molecular formula is C15H19N5O3. The highest BCUT2D eigenvalue weighted by molar-refractivity contribution is 5.77. The van der Waals surface area contributed by atoms with Gasteiger partial charge in [0.05, 0.1) is 0 Å². The first-order valence-corrected chi connectivity index (χ1v) is 7.49. The second-order valence-electron chi connectivity index (χ2n) is 5.43. The Hall–Kier alpha value is -2.32. The monoisotopic (exact) mass is 317 g/mol. The third-order valence-corrected chi connectivity index (χ3v) is 3.69. The standard InChI is InChI=1S/C15H19N5O3/c1-19-5-7-20(8-6-19)14(21)11-22-10-13-17-15(18-23-13)12-3-2-4-16-9-12/h2-4,9H,5-8,10-11H2,1H3. The molecule has 0 bridgehead atoms. The van der Waals surface area contributed by atoms with Crippen molar-refractivity contribution in [2.24, 2.45) is 0 Å². The molecule has 1 aliphatic rings. The van der Waals surface area contributed by atoms with Crippen molar-refractivity contribution in [1.29, 1.82) is 0 Å². The summed E-state index contributed by atoms with van der Waals surface area (Å²) in [5.74, 6) is 0.794. The van der Waals surface area contributed by atoms with Crippen molar-refractivity contribution in [2.45, 2.75) is 6.61 Å². The zero-order chi connectivity index (χ0) is 16.1. The molecule has 122 valence electrons. The summed E-state index contributed by atoms with van der Waals surface area (Å²) in [4.78, 5) is 24.3. The van der Waals surface area contributed by atoms with Crippen LogP contribution in [-0.4, -0.2) is 70.7 Å². The number of aromatic nitrogens is 3. The molecule has 1 amide bonds. The van der Waals surface area contributed by atoms with Gasteiger partial charge in [-0.15, -0.1) is 0 Å². The van der Waals surface area contributed by atoms with Crippen LogP contribution in [0.3, 0.4) is 0 Å². The number of hydrogen-bond acceptors (Lipinski definition) is 7. The van der Waals surface area contributed by atoms with Gasteiger partial charge in [-0.2, -0.15) is 4.98 Å². The largest absolute Gasteiger partial charge is 0.362 e. The fourth-order valence-corrected chi connectivity index (χ4v) is 2.30. The van der Waals surface area contributed by atoms with E-state index < -0.39 is 0 Å². The van der Waals surface area contributed by atoms with Crippen molar-refractivity contribution < 1.29 is 14.1 Å². The zero-order valence-corrected chi connectivity index (χ0v) is 13.0. The van der Waals surface area contributed by atoms with Gasteiger partial charge in [0, 0.05) is 44.1 Å². The molecule has 3 heterocycles. The first-order chi connectivity index (χ1) is 11.2. The summed E-state index contributed by atoms with van der Waals surface area (Å²) in [6.45, 7) is 3.41. The molecule has 2 aromatic heterocycles. The predicted octanol–water partition coefficient (Wildman–Crippen LogP) is 0.422. The van der Waals surface area contributed by atoms with Crippen molar-refractivity contribution in [2.75, 3.05) is 39.8 Å². The van der Waals surface area contributed by atoms with Crippen molar-refractivity contribution in [3.63, 3.8) is 0 Å². The lowest BCUT2D eigenvalue weighted by molar-refractivity contribution is -0.138. The first kappa shape index (κ1) is 15.6. The van der Waals surface area contributed by atoms with Gasteiger partial charge in [-0.05, 0) is 19.2 Å². The van der Waals surface area contributed by atoms with Crippen LogP contribution in [0, 0.1) is 0 Å². The molecule has 0 aromatic carbocycles. The minimum absolute atomic E-state index is 0.00917. The number of piperazine rings is 1. The van der Waals surface area contributed by atoms with E-state index in [1.165, 1.54) is 0 Å². The predicted molar refractivity (Wildman–Crippen MR) is 81.3 cm³/mol. The lowest BCUT2D eigenvalue weighted by atomic mass is 10.3. The molecule has 1 aliphatic heterocycles. The van der Waals surface area contributed by atoms with Crippen LogP contribution < -0.4 is 0 Å². The minimum Gasteiger partial charge on any atom is -0.362 e. The number of carbonyl (C=O) groups excluding carboxylic acids is 1. The molecule has 0 N–H and O–H groups in total. The Labute approximate surface area is 134 Å². The molecule has 0 aliphatic carbocycles. The molecule has 0 saturated carbocycles. The van der Waals surface area contributed by atoms with E-state index in [-0.39, 0.29) is 19.1 Å². The topological polar surface area (TPSA) is 84.6 Å². The first-order valence-electron chi connectivity index (χ1n) is 7.49. The highest BCUT2D eigenvalue weighted by Crippen LogP contribution is 2.13. The summed E-state index contributed by atoms with van der Waals surface area (Å²) in [6, 6.07) is 3.65. The van der Waals surface area contributed by atoms with E-state index in [0.717, 1.165) is 31.7 Å². The van der Waals surface area contributed by atoms with Crippen molar-refractivity contribution in [1.82, 2.24) is 24.9 Å². The Kier molecular flexibility index (Phi) is 4.94. The third kappa shape index (κ3) is 4.11. The SMILES string of the molecule is CN1CCN(C(=O)COCc2nc(-c3cccnc3)no2)CC1. The van der Waals surface area contributed by atoms with E-state index in [4.69, 9.17) is 9.26 Å². The lowest BCUT2D eigenvalue weighted by Crippen LogP contribution is -2.48. The second kappa shape index (κ2) is 7.30. The van der Waals surface area contributed by atoms with Crippen molar-refractivity contribution in [3.05, 3.63) is 30.4 Å². The average molecular weight is 317 g/mol. The van der Waals surface area contributed by atoms with Crippen LogP contribution in [0.5, 0.6) is 0 Å². The molecule has 8 heteroatoms. The lowest BCUT2D eigenvalue weighted by Gasteiger charge is -2.32. The van der Waals surface area contributed by atoms with Crippen molar-refractivity contribution >= 4 is 5.91 Å². The quantitative estimate of drug-likeness (QED) is 0.790. The van der Waals surface area contributed by atoms with Gasteiger partial charge < -0.3 is 19.1 Å². The number of nitrogens with zero attached hydrogens (tertiary/aromatic N) is 5. The van der Waals surface area contributed by atoms with Crippen LogP contribution in [0.1, 0.15) is 5.89 Å². The van der Waals surface area contributed by atoms with E-state index in [0.29, 0.717) is 11.7 Å². The van der Waals surface area contributed by atoms with Gasteiger partial charge in [-0.1, -0.05) is 5.16 Å². The number of likely N-dealkylation sites (N-methyl/N-ethyl adjacent to an activating group) is 1. The molecule has 0 radical (unpaired) electrons. The molecule has 3 rings (SSSR count). The smallest absolute Gasteiger partial charge is 0.252 e. The summed E-state index contributed by atoms with van der Waals surface area (Å²) in [6.07, 6.45) is 3.34. The maximum Gasteiger partial charge on any atom is 0.252 e. The van der Waals surface area contributed by atoms with Gasteiger partial charge in [-0.25, -0.2) is 0 Å². The highest BCUT2D eigenvalue weighted by atomic mass is 16.5. The number of carbonyl (C=O) groups is 1. The maximum absolute atomic E-state index is 12.0. The Morgan fingerprint density at radius 3 is 2.91 bits per heavy atom. The maximum atomic E-state index is 12.0. The van der Waals surface area contributed by atoms with Gasteiger partial charge in [-0.3, -0.25) is 9.78 Å². The van der Waals surface area contributed by atoms with E-state index in [1.807, 2.05) is 18.0 Å². The Balaban J connectivity index is 1.46. The zero-order valence-electron chi connectivity index (χ0n) is 13.0. The van der Waals surface area contributed by atoms with Gasteiger partial charge in [0.1, 0.15) is 13.2 Å². The summed E-state index contributed by atoms with van der Waals surface area (Å²) >= 11 is 0.